The highest BCUT2D eigenvalue weighted by Gasteiger charge is 2.25. The minimum atomic E-state index is 0. The van der Waals surface area contributed by atoms with Crippen LogP contribution in [0.2, 0.25) is 0 Å². The zero-order valence-corrected chi connectivity index (χ0v) is 9.35. The molecule has 2 unspecified atom stereocenters. The molecule has 0 spiro atoms. The fourth-order valence-corrected chi connectivity index (χ4v) is 1.61. The lowest BCUT2D eigenvalue weighted by molar-refractivity contribution is 0.557. The summed E-state index contributed by atoms with van der Waals surface area (Å²) < 4.78 is 0. The minimum Gasteiger partial charge on any atom is -0.326 e. The van der Waals surface area contributed by atoms with Crippen LogP contribution in [-0.2, 0) is 0 Å². The van der Waals surface area contributed by atoms with Crippen LogP contribution >= 0.6 is 24.8 Å². The van der Waals surface area contributed by atoms with Crippen molar-refractivity contribution in [2.45, 2.75) is 18.5 Å². The van der Waals surface area contributed by atoms with Crippen molar-refractivity contribution >= 4 is 24.8 Å². The monoisotopic (exact) mass is 235 g/mol. The Bertz CT molecular complexity index is 255. The number of hydrogen-bond donors (Lipinski definition) is 2. The third-order valence-corrected chi connectivity index (χ3v) is 2.28. The second-order valence-electron chi connectivity index (χ2n) is 3.14. The van der Waals surface area contributed by atoms with Gasteiger partial charge >= 0.3 is 0 Å². The van der Waals surface area contributed by atoms with Crippen LogP contribution in [0.1, 0.15) is 18.2 Å². The Hall–Kier alpha value is -0.350. The first-order valence-corrected chi connectivity index (χ1v) is 4.28. The Labute approximate surface area is 96.3 Å². The third kappa shape index (κ3) is 2.82. The van der Waals surface area contributed by atoms with Gasteiger partial charge in [-0.15, -0.1) is 24.8 Å². The highest BCUT2D eigenvalue weighted by atomic mass is 35.5. The molecular weight excluding hydrogens is 221 g/mol. The molecule has 1 fully saturated rings. The van der Waals surface area contributed by atoms with Crippen LogP contribution in [0.4, 0.5) is 0 Å². The standard InChI is InChI=1S/C9H13N3.2ClH/c10-7-4-6-12-9(7)8-3-1-2-5-11-8;;/h1-3,5,7,9,12H,4,6,10H2;2*1H. The average molecular weight is 236 g/mol. The van der Waals surface area contributed by atoms with Gasteiger partial charge in [0, 0.05) is 12.2 Å². The Morgan fingerprint density at radius 3 is 2.64 bits per heavy atom. The predicted octanol–water partition coefficient (Wildman–Crippen LogP) is 1.29. The largest absolute Gasteiger partial charge is 0.326 e. The van der Waals surface area contributed by atoms with Crippen molar-refractivity contribution in [1.29, 1.82) is 0 Å². The lowest BCUT2D eigenvalue weighted by Crippen LogP contribution is -2.28. The van der Waals surface area contributed by atoms with E-state index in [2.05, 4.69) is 10.3 Å². The van der Waals surface area contributed by atoms with E-state index in [0.717, 1.165) is 18.7 Å². The van der Waals surface area contributed by atoms with Crippen molar-refractivity contribution in [3.63, 3.8) is 0 Å². The molecule has 2 atom stereocenters. The zero-order valence-electron chi connectivity index (χ0n) is 7.72. The van der Waals surface area contributed by atoms with Gasteiger partial charge in [0.05, 0.1) is 11.7 Å². The summed E-state index contributed by atoms with van der Waals surface area (Å²) in [6.07, 6.45) is 2.85. The van der Waals surface area contributed by atoms with Crippen LogP contribution in [0.3, 0.4) is 0 Å². The molecule has 1 aromatic rings. The van der Waals surface area contributed by atoms with E-state index in [1.165, 1.54) is 0 Å². The van der Waals surface area contributed by atoms with Gasteiger partial charge < -0.3 is 11.1 Å². The topological polar surface area (TPSA) is 50.9 Å². The Morgan fingerprint density at radius 1 is 1.36 bits per heavy atom. The highest BCUT2D eigenvalue weighted by Crippen LogP contribution is 2.19. The quantitative estimate of drug-likeness (QED) is 0.772. The van der Waals surface area contributed by atoms with Gasteiger partial charge in [-0.05, 0) is 25.1 Å². The van der Waals surface area contributed by atoms with Gasteiger partial charge in [0.1, 0.15) is 0 Å². The molecule has 0 aromatic carbocycles. The lowest BCUT2D eigenvalue weighted by atomic mass is 10.1. The summed E-state index contributed by atoms with van der Waals surface area (Å²) in [6, 6.07) is 6.41. The molecule has 1 aliphatic rings. The van der Waals surface area contributed by atoms with Crippen molar-refractivity contribution in [2.24, 2.45) is 5.73 Å². The van der Waals surface area contributed by atoms with E-state index >= 15 is 0 Å². The number of nitrogens with two attached hydrogens (primary N) is 1. The van der Waals surface area contributed by atoms with Crippen molar-refractivity contribution < 1.29 is 0 Å². The summed E-state index contributed by atoms with van der Waals surface area (Å²) in [5.41, 5.74) is 6.97. The van der Waals surface area contributed by atoms with Crippen LogP contribution in [0.5, 0.6) is 0 Å². The number of aromatic nitrogens is 1. The molecule has 0 radical (unpaired) electrons. The van der Waals surface area contributed by atoms with E-state index in [-0.39, 0.29) is 36.9 Å². The predicted molar refractivity (Wildman–Crippen MR) is 62.1 cm³/mol. The molecule has 0 saturated carbocycles. The van der Waals surface area contributed by atoms with E-state index in [1.54, 1.807) is 0 Å². The maximum absolute atomic E-state index is 5.91. The summed E-state index contributed by atoms with van der Waals surface area (Å²) in [4.78, 5) is 4.27. The number of pyridine rings is 1. The second kappa shape index (κ2) is 6.19. The fraction of sp³-hybridized carbons (Fsp3) is 0.444. The van der Waals surface area contributed by atoms with E-state index in [0.29, 0.717) is 0 Å². The first-order valence-electron chi connectivity index (χ1n) is 4.28. The smallest absolute Gasteiger partial charge is 0.0649 e. The molecule has 3 N–H and O–H groups in total. The minimum absolute atomic E-state index is 0. The zero-order chi connectivity index (χ0) is 8.39. The van der Waals surface area contributed by atoms with E-state index in [9.17, 15) is 0 Å². The van der Waals surface area contributed by atoms with Crippen LogP contribution in [0.25, 0.3) is 0 Å². The molecule has 0 aliphatic carbocycles. The van der Waals surface area contributed by atoms with Crippen molar-refractivity contribution in [3.05, 3.63) is 30.1 Å². The van der Waals surface area contributed by atoms with E-state index in [1.807, 2.05) is 24.4 Å². The van der Waals surface area contributed by atoms with E-state index in [4.69, 9.17) is 5.73 Å². The van der Waals surface area contributed by atoms with Crippen molar-refractivity contribution in [1.82, 2.24) is 10.3 Å². The Morgan fingerprint density at radius 2 is 2.14 bits per heavy atom. The molecule has 2 rings (SSSR count). The summed E-state index contributed by atoms with van der Waals surface area (Å²) >= 11 is 0. The van der Waals surface area contributed by atoms with Crippen LogP contribution in [-0.4, -0.2) is 17.6 Å². The summed E-state index contributed by atoms with van der Waals surface area (Å²) in [7, 11) is 0. The van der Waals surface area contributed by atoms with Crippen molar-refractivity contribution in [2.75, 3.05) is 6.54 Å². The fourth-order valence-electron chi connectivity index (χ4n) is 1.61. The molecule has 5 heteroatoms. The number of hydrogen-bond acceptors (Lipinski definition) is 3. The van der Waals surface area contributed by atoms with Gasteiger partial charge in [-0.25, -0.2) is 0 Å². The van der Waals surface area contributed by atoms with Gasteiger partial charge in [0.15, 0.2) is 0 Å². The SMILES string of the molecule is Cl.Cl.NC1CCNC1c1ccccn1. The molecule has 0 bridgehead atoms. The molecular formula is C9H15Cl2N3. The van der Waals surface area contributed by atoms with Gasteiger partial charge in [-0.1, -0.05) is 6.07 Å². The molecule has 80 valence electrons. The number of nitrogens with zero attached hydrogens (tertiary/aromatic N) is 1. The summed E-state index contributed by atoms with van der Waals surface area (Å²) in [5.74, 6) is 0. The molecule has 1 saturated heterocycles. The Kier molecular flexibility index (Phi) is 6.04. The Balaban J connectivity index is 0.000000845. The van der Waals surface area contributed by atoms with Crippen LogP contribution in [0.15, 0.2) is 24.4 Å². The second-order valence-corrected chi connectivity index (χ2v) is 3.14. The summed E-state index contributed by atoms with van der Waals surface area (Å²) in [6.45, 7) is 1.00. The van der Waals surface area contributed by atoms with Crippen LogP contribution < -0.4 is 11.1 Å². The first-order chi connectivity index (χ1) is 5.88. The molecule has 1 aromatic heterocycles. The van der Waals surface area contributed by atoms with Gasteiger partial charge in [0.25, 0.3) is 0 Å². The molecule has 2 heterocycles. The van der Waals surface area contributed by atoms with Crippen LogP contribution in [0, 0.1) is 0 Å². The molecule has 1 aliphatic heterocycles. The maximum atomic E-state index is 5.91. The molecule has 14 heavy (non-hydrogen) atoms. The van der Waals surface area contributed by atoms with E-state index < -0.39 is 0 Å². The first kappa shape index (κ1) is 13.7. The molecule has 0 amide bonds. The van der Waals surface area contributed by atoms with Gasteiger partial charge in [-0.3, -0.25) is 4.98 Å². The average Bonchev–Trinajstić information content (AvgIpc) is 2.53. The lowest BCUT2D eigenvalue weighted by Gasteiger charge is -2.13. The summed E-state index contributed by atoms with van der Waals surface area (Å²) in [5, 5.41) is 3.34. The number of halogens is 2. The van der Waals surface area contributed by atoms with Gasteiger partial charge in [-0.2, -0.15) is 0 Å². The van der Waals surface area contributed by atoms with Gasteiger partial charge in [0.2, 0.25) is 0 Å². The highest BCUT2D eigenvalue weighted by molar-refractivity contribution is 5.85. The van der Waals surface area contributed by atoms with Crippen molar-refractivity contribution in [3.8, 4) is 0 Å². The third-order valence-electron chi connectivity index (χ3n) is 2.28. The molecule has 3 nitrogen and oxygen atoms in total. The number of rotatable bonds is 1. The maximum Gasteiger partial charge on any atom is 0.0649 e. The number of nitrogens with one attached hydrogen (secondary N) is 1. The normalized spacial score (nSPS) is 24.9.